The van der Waals surface area contributed by atoms with Gasteiger partial charge in [-0.3, -0.25) is 0 Å². The molecule has 0 aromatic heterocycles. The van der Waals surface area contributed by atoms with Gasteiger partial charge in [-0.05, 0) is 50.7 Å². The van der Waals surface area contributed by atoms with Crippen LogP contribution in [0.1, 0.15) is 25.7 Å². The Morgan fingerprint density at radius 1 is 1.27 bits per heavy atom. The first kappa shape index (κ1) is 11.4. The summed E-state index contributed by atoms with van der Waals surface area (Å²) in [6, 6.07) is 0. The van der Waals surface area contributed by atoms with Crippen molar-refractivity contribution in [2.75, 3.05) is 39.4 Å². The molecule has 15 heavy (non-hydrogen) atoms. The second kappa shape index (κ2) is 5.83. The zero-order chi connectivity index (χ0) is 10.5. The monoisotopic (exact) mass is 212 g/mol. The third kappa shape index (κ3) is 3.16. The first-order chi connectivity index (χ1) is 7.40. The second-order valence-corrected chi connectivity index (χ2v) is 4.98. The van der Waals surface area contributed by atoms with Crippen LogP contribution in [-0.2, 0) is 4.74 Å². The normalized spacial score (nSPS) is 30.6. The van der Waals surface area contributed by atoms with E-state index in [-0.39, 0.29) is 0 Å². The number of nitrogens with two attached hydrogens (primary N) is 1. The molecule has 3 heteroatoms. The molecule has 2 saturated heterocycles. The summed E-state index contributed by atoms with van der Waals surface area (Å²) < 4.78 is 5.45. The van der Waals surface area contributed by atoms with Crippen LogP contribution in [0.15, 0.2) is 0 Å². The van der Waals surface area contributed by atoms with Gasteiger partial charge in [-0.2, -0.15) is 0 Å². The fourth-order valence-corrected chi connectivity index (χ4v) is 2.81. The lowest BCUT2D eigenvalue weighted by Gasteiger charge is -2.32. The Morgan fingerprint density at radius 2 is 2.07 bits per heavy atom. The Labute approximate surface area is 93.0 Å². The molecular weight excluding hydrogens is 188 g/mol. The molecule has 3 nitrogen and oxygen atoms in total. The number of rotatable bonds is 4. The van der Waals surface area contributed by atoms with E-state index in [1.807, 2.05) is 0 Å². The molecular formula is C12H24N2O. The molecule has 2 N–H and O–H groups in total. The molecule has 2 rings (SSSR count). The van der Waals surface area contributed by atoms with Gasteiger partial charge in [0.25, 0.3) is 0 Å². The Bertz CT molecular complexity index is 174. The maximum absolute atomic E-state index is 5.89. The molecule has 0 amide bonds. The van der Waals surface area contributed by atoms with Crippen LogP contribution in [0.5, 0.6) is 0 Å². The van der Waals surface area contributed by atoms with Gasteiger partial charge in [0.2, 0.25) is 0 Å². The second-order valence-electron chi connectivity index (χ2n) is 4.98. The van der Waals surface area contributed by atoms with Crippen molar-refractivity contribution in [1.82, 2.24) is 4.90 Å². The molecule has 0 aliphatic carbocycles. The highest BCUT2D eigenvalue weighted by Gasteiger charge is 2.26. The smallest absolute Gasteiger partial charge is 0.0498 e. The van der Waals surface area contributed by atoms with Crippen LogP contribution in [0.3, 0.4) is 0 Å². The van der Waals surface area contributed by atoms with Crippen molar-refractivity contribution in [3.8, 4) is 0 Å². The zero-order valence-electron chi connectivity index (χ0n) is 9.66. The van der Waals surface area contributed by atoms with Gasteiger partial charge in [0.1, 0.15) is 0 Å². The van der Waals surface area contributed by atoms with Crippen molar-refractivity contribution in [2.24, 2.45) is 17.6 Å². The van der Waals surface area contributed by atoms with Gasteiger partial charge in [-0.15, -0.1) is 0 Å². The molecule has 0 aromatic rings. The molecule has 2 aliphatic rings. The van der Waals surface area contributed by atoms with Crippen LogP contribution in [0, 0.1) is 11.8 Å². The average Bonchev–Trinajstić information content (AvgIpc) is 2.81. The summed E-state index contributed by atoms with van der Waals surface area (Å²) in [4.78, 5) is 2.60. The molecule has 0 bridgehead atoms. The predicted molar refractivity (Wildman–Crippen MR) is 61.8 cm³/mol. The van der Waals surface area contributed by atoms with Gasteiger partial charge in [0.15, 0.2) is 0 Å². The van der Waals surface area contributed by atoms with E-state index < -0.39 is 0 Å². The van der Waals surface area contributed by atoms with E-state index in [4.69, 9.17) is 10.5 Å². The Kier molecular flexibility index (Phi) is 4.42. The van der Waals surface area contributed by atoms with Crippen molar-refractivity contribution < 1.29 is 4.74 Å². The third-order valence-corrected chi connectivity index (χ3v) is 3.88. The number of nitrogens with zero attached hydrogens (tertiary/aromatic N) is 1. The minimum absolute atomic E-state index is 0.658. The summed E-state index contributed by atoms with van der Waals surface area (Å²) in [6.07, 6.45) is 5.38. The largest absolute Gasteiger partial charge is 0.381 e. The van der Waals surface area contributed by atoms with Crippen LogP contribution in [0.25, 0.3) is 0 Å². The predicted octanol–water partition coefficient (Wildman–Crippen LogP) is 1.08. The van der Waals surface area contributed by atoms with E-state index in [0.717, 1.165) is 25.7 Å². The van der Waals surface area contributed by atoms with E-state index in [0.29, 0.717) is 5.92 Å². The molecule has 0 saturated carbocycles. The summed E-state index contributed by atoms with van der Waals surface area (Å²) >= 11 is 0. The van der Waals surface area contributed by atoms with Crippen molar-refractivity contribution in [3.05, 3.63) is 0 Å². The lowest BCUT2D eigenvalue weighted by Crippen LogP contribution is -2.39. The maximum atomic E-state index is 5.89. The van der Waals surface area contributed by atoms with Gasteiger partial charge in [0.05, 0.1) is 0 Å². The topological polar surface area (TPSA) is 38.5 Å². The maximum Gasteiger partial charge on any atom is 0.0498 e. The fourth-order valence-electron chi connectivity index (χ4n) is 2.81. The van der Waals surface area contributed by atoms with E-state index in [1.165, 1.54) is 45.3 Å². The van der Waals surface area contributed by atoms with E-state index >= 15 is 0 Å². The molecule has 2 unspecified atom stereocenters. The molecule has 2 fully saturated rings. The lowest BCUT2D eigenvalue weighted by molar-refractivity contribution is 0.141. The van der Waals surface area contributed by atoms with E-state index in [1.54, 1.807) is 0 Å². The number of likely N-dealkylation sites (tertiary alicyclic amines) is 1. The van der Waals surface area contributed by atoms with Gasteiger partial charge >= 0.3 is 0 Å². The van der Waals surface area contributed by atoms with Gasteiger partial charge in [-0.1, -0.05) is 6.42 Å². The van der Waals surface area contributed by atoms with Crippen LogP contribution in [0.2, 0.25) is 0 Å². The molecule has 88 valence electrons. The van der Waals surface area contributed by atoms with Crippen molar-refractivity contribution in [3.63, 3.8) is 0 Å². The molecule has 0 radical (unpaired) electrons. The van der Waals surface area contributed by atoms with Gasteiger partial charge in [0, 0.05) is 19.8 Å². The quantitative estimate of drug-likeness (QED) is 0.758. The highest BCUT2D eigenvalue weighted by atomic mass is 16.5. The highest BCUT2D eigenvalue weighted by Crippen LogP contribution is 2.23. The van der Waals surface area contributed by atoms with Crippen LogP contribution < -0.4 is 5.73 Å². The number of piperidine rings is 1. The van der Waals surface area contributed by atoms with Crippen molar-refractivity contribution in [1.29, 1.82) is 0 Å². The Morgan fingerprint density at radius 3 is 2.67 bits per heavy atom. The highest BCUT2D eigenvalue weighted by molar-refractivity contribution is 4.78. The fraction of sp³-hybridized carbons (Fsp3) is 1.00. The summed E-state index contributed by atoms with van der Waals surface area (Å²) in [5.41, 5.74) is 5.89. The van der Waals surface area contributed by atoms with Crippen LogP contribution in [0.4, 0.5) is 0 Å². The number of hydrogen-bond donors (Lipinski definition) is 1. The minimum Gasteiger partial charge on any atom is -0.381 e. The summed E-state index contributed by atoms with van der Waals surface area (Å²) in [5, 5.41) is 0. The van der Waals surface area contributed by atoms with Crippen molar-refractivity contribution in [2.45, 2.75) is 25.7 Å². The summed E-state index contributed by atoms with van der Waals surface area (Å²) in [5.74, 6) is 1.38. The Balaban J connectivity index is 1.78. The molecule has 2 atom stereocenters. The lowest BCUT2D eigenvalue weighted by atomic mass is 9.90. The summed E-state index contributed by atoms with van der Waals surface area (Å²) in [7, 11) is 0. The number of hydrogen-bond acceptors (Lipinski definition) is 3. The van der Waals surface area contributed by atoms with E-state index in [2.05, 4.69) is 4.90 Å². The third-order valence-electron chi connectivity index (χ3n) is 3.88. The zero-order valence-corrected chi connectivity index (χ0v) is 9.66. The molecule has 0 aromatic carbocycles. The van der Waals surface area contributed by atoms with Gasteiger partial charge < -0.3 is 15.4 Å². The molecule has 2 heterocycles. The van der Waals surface area contributed by atoms with Crippen LogP contribution >= 0.6 is 0 Å². The standard InChI is InChI=1S/C12H24N2O/c13-8-12(11-4-7-15-10-11)9-14-5-2-1-3-6-14/h11-12H,1-10,13H2. The van der Waals surface area contributed by atoms with E-state index in [9.17, 15) is 0 Å². The van der Waals surface area contributed by atoms with Crippen LogP contribution in [-0.4, -0.2) is 44.3 Å². The first-order valence-electron chi connectivity index (χ1n) is 6.40. The molecule has 2 aliphatic heterocycles. The average molecular weight is 212 g/mol. The Hall–Kier alpha value is -0.120. The SMILES string of the molecule is NCC(CN1CCCCC1)C1CCOC1. The minimum atomic E-state index is 0.658. The molecule has 0 spiro atoms. The summed E-state index contributed by atoms with van der Waals surface area (Å²) in [6.45, 7) is 6.47. The first-order valence-corrected chi connectivity index (χ1v) is 6.40. The number of ether oxygens (including phenoxy) is 1. The van der Waals surface area contributed by atoms with Gasteiger partial charge in [-0.25, -0.2) is 0 Å². The van der Waals surface area contributed by atoms with Crippen molar-refractivity contribution >= 4 is 0 Å².